The predicted octanol–water partition coefficient (Wildman–Crippen LogP) is 1.43. The van der Waals surface area contributed by atoms with Gasteiger partial charge in [0.2, 0.25) is 10.0 Å². The van der Waals surface area contributed by atoms with Crippen LogP contribution >= 0.6 is 12.4 Å². The van der Waals surface area contributed by atoms with Crippen molar-refractivity contribution in [1.29, 1.82) is 0 Å². The van der Waals surface area contributed by atoms with E-state index in [0.29, 0.717) is 6.54 Å². The van der Waals surface area contributed by atoms with E-state index in [2.05, 4.69) is 10.0 Å². The van der Waals surface area contributed by atoms with Crippen LogP contribution in [0.15, 0.2) is 23.1 Å². The van der Waals surface area contributed by atoms with E-state index >= 15 is 0 Å². The molecule has 0 saturated carbocycles. The average molecular weight is 354 g/mol. The molecule has 0 bridgehead atoms. The van der Waals surface area contributed by atoms with Crippen LogP contribution in [-0.2, 0) is 10.0 Å². The second kappa shape index (κ2) is 7.82. The molecule has 0 aliphatic carbocycles. The van der Waals surface area contributed by atoms with Crippen LogP contribution in [0.4, 0.5) is 10.1 Å². The summed E-state index contributed by atoms with van der Waals surface area (Å²) in [6.07, 6.45) is 1.79. The fourth-order valence-electron chi connectivity index (χ4n) is 2.31. The molecule has 22 heavy (non-hydrogen) atoms. The zero-order valence-corrected chi connectivity index (χ0v) is 13.3. The first-order valence-corrected chi connectivity index (χ1v) is 8.03. The number of benzene rings is 1. The van der Waals surface area contributed by atoms with Crippen LogP contribution in [-0.4, -0.2) is 33.0 Å². The summed E-state index contributed by atoms with van der Waals surface area (Å²) in [6.45, 7) is 1.69. The summed E-state index contributed by atoms with van der Waals surface area (Å²) in [7, 11) is -4.26. The Morgan fingerprint density at radius 2 is 2.18 bits per heavy atom. The SMILES string of the molecule is Cl.O=[N+]([O-])c1cccc(F)c1S(=O)(=O)NCC1CCCNC1. The first-order chi connectivity index (χ1) is 9.92. The Balaban J connectivity index is 0.00000242. The molecular formula is C12H17ClFN3O4S. The van der Waals surface area contributed by atoms with E-state index < -0.39 is 31.3 Å². The molecule has 2 rings (SSSR count). The number of nitro groups is 1. The lowest BCUT2D eigenvalue weighted by molar-refractivity contribution is -0.388. The van der Waals surface area contributed by atoms with Crippen LogP contribution in [0.2, 0.25) is 0 Å². The lowest BCUT2D eigenvalue weighted by Crippen LogP contribution is -2.38. The summed E-state index contributed by atoms with van der Waals surface area (Å²) in [6, 6.07) is 2.97. The van der Waals surface area contributed by atoms with E-state index in [1.165, 1.54) is 0 Å². The quantitative estimate of drug-likeness (QED) is 0.616. The Morgan fingerprint density at radius 1 is 1.45 bits per heavy atom. The van der Waals surface area contributed by atoms with Crippen molar-refractivity contribution >= 4 is 28.1 Å². The number of nitrogens with zero attached hydrogens (tertiary/aromatic N) is 1. The van der Waals surface area contributed by atoms with Crippen LogP contribution in [0.5, 0.6) is 0 Å². The number of piperidine rings is 1. The summed E-state index contributed by atoms with van der Waals surface area (Å²) in [5.74, 6) is -1.03. The highest BCUT2D eigenvalue weighted by Gasteiger charge is 2.30. The third kappa shape index (κ3) is 4.35. The number of rotatable bonds is 5. The lowest BCUT2D eigenvalue weighted by Gasteiger charge is -2.22. The number of hydrogen-bond donors (Lipinski definition) is 2. The molecule has 7 nitrogen and oxygen atoms in total. The van der Waals surface area contributed by atoms with Crippen LogP contribution in [0.25, 0.3) is 0 Å². The predicted molar refractivity (Wildman–Crippen MR) is 81.1 cm³/mol. The molecule has 10 heteroatoms. The van der Waals surface area contributed by atoms with Gasteiger partial charge >= 0.3 is 0 Å². The van der Waals surface area contributed by atoms with Crippen molar-refractivity contribution in [1.82, 2.24) is 10.0 Å². The molecule has 124 valence electrons. The molecule has 1 aromatic rings. The first-order valence-electron chi connectivity index (χ1n) is 6.55. The van der Waals surface area contributed by atoms with E-state index in [1.54, 1.807) is 0 Å². The molecule has 1 atom stereocenters. The molecule has 2 N–H and O–H groups in total. The van der Waals surface area contributed by atoms with Crippen molar-refractivity contribution in [2.75, 3.05) is 19.6 Å². The minimum atomic E-state index is -4.26. The highest BCUT2D eigenvalue weighted by molar-refractivity contribution is 7.89. The van der Waals surface area contributed by atoms with Gasteiger partial charge in [0, 0.05) is 12.6 Å². The molecule has 1 heterocycles. The minimum absolute atomic E-state index is 0. The highest BCUT2D eigenvalue weighted by atomic mass is 35.5. The largest absolute Gasteiger partial charge is 0.316 e. The summed E-state index contributed by atoms with van der Waals surface area (Å²) in [5, 5.41) is 14.0. The second-order valence-corrected chi connectivity index (χ2v) is 6.61. The molecule has 1 saturated heterocycles. The Kier molecular flexibility index (Phi) is 6.66. The molecule has 0 aromatic heterocycles. The van der Waals surface area contributed by atoms with Gasteiger partial charge in [-0.25, -0.2) is 17.5 Å². The standard InChI is InChI=1S/C12H16FN3O4S.ClH/c13-10-4-1-5-11(16(17)18)12(10)21(19,20)15-8-9-3-2-6-14-7-9;/h1,4-5,9,14-15H,2-3,6-8H2;1H. The maximum Gasteiger partial charge on any atom is 0.292 e. The first kappa shape index (κ1) is 18.8. The number of halogens is 2. The minimum Gasteiger partial charge on any atom is -0.316 e. The Morgan fingerprint density at radius 3 is 2.77 bits per heavy atom. The zero-order valence-electron chi connectivity index (χ0n) is 11.6. The number of hydrogen-bond acceptors (Lipinski definition) is 5. The van der Waals surface area contributed by atoms with Crippen molar-refractivity contribution in [3.8, 4) is 0 Å². The van der Waals surface area contributed by atoms with Gasteiger partial charge < -0.3 is 5.32 Å². The molecule has 0 radical (unpaired) electrons. The molecule has 1 aliphatic rings. The number of nitrogens with one attached hydrogen (secondary N) is 2. The summed E-state index contributed by atoms with van der Waals surface area (Å²) < 4.78 is 40.3. The second-order valence-electron chi connectivity index (χ2n) is 4.91. The van der Waals surface area contributed by atoms with Crippen molar-refractivity contribution in [3.05, 3.63) is 34.1 Å². The summed E-state index contributed by atoms with van der Waals surface area (Å²) in [5.41, 5.74) is -0.760. The van der Waals surface area contributed by atoms with Gasteiger partial charge in [0.1, 0.15) is 5.82 Å². The van der Waals surface area contributed by atoms with Gasteiger partial charge in [-0.1, -0.05) is 6.07 Å². The van der Waals surface area contributed by atoms with Gasteiger partial charge in [0.05, 0.1) is 4.92 Å². The number of sulfonamides is 1. The van der Waals surface area contributed by atoms with E-state index in [1.807, 2.05) is 0 Å². The van der Waals surface area contributed by atoms with Gasteiger partial charge in [-0.2, -0.15) is 0 Å². The van der Waals surface area contributed by atoms with Crippen LogP contribution in [0.1, 0.15) is 12.8 Å². The topological polar surface area (TPSA) is 101 Å². The molecule has 1 fully saturated rings. The summed E-state index contributed by atoms with van der Waals surface area (Å²) >= 11 is 0. The van der Waals surface area contributed by atoms with Gasteiger partial charge in [0.15, 0.2) is 4.90 Å². The smallest absolute Gasteiger partial charge is 0.292 e. The van der Waals surface area contributed by atoms with Gasteiger partial charge in [0.25, 0.3) is 5.69 Å². The molecule has 1 aromatic carbocycles. The third-order valence-corrected chi connectivity index (χ3v) is 4.86. The third-order valence-electron chi connectivity index (χ3n) is 3.37. The van der Waals surface area contributed by atoms with Crippen molar-refractivity contribution < 1.29 is 17.7 Å². The van der Waals surface area contributed by atoms with Crippen LogP contribution < -0.4 is 10.0 Å². The van der Waals surface area contributed by atoms with E-state index in [4.69, 9.17) is 0 Å². The Hall–Kier alpha value is -1.29. The highest BCUT2D eigenvalue weighted by Crippen LogP contribution is 2.26. The maximum absolute atomic E-state index is 13.7. The van der Waals surface area contributed by atoms with Gasteiger partial charge in [-0.15, -0.1) is 12.4 Å². The van der Waals surface area contributed by atoms with Crippen LogP contribution in [0.3, 0.4) is 0 Å². The van der Waals surface area contributed by atoms with E-state index in [9.17, 15) is 22.9 Å². The fourth-order valence-corrected chi connectivity index (χ4v) is 3.65. The van der Waals surface area contributed by atoms with E-state index in [-0.39, 0.29) is 24.9 Å². The summed E-state index contributed by atoms with van der Waals surface area (Å²) in [4.78, 5) is 9.06. The van der Waals surface area contributed by atoms with Gasteiger partial charge in [-0.3, -0.25) is 10.1 Å². The van der Waals surface area contributed by atoms with E-state index in [0.717, 1.165) is 37.6 Å². The molecular weight excluding hydrogens is 337 g/mol. The Labute approximate surface area is 133 Å². The maximum atomic E-state index is 13.7. The monoisotopic (exact) mass is 353 g/mol. The van der Waals surface area contributed by atoms with Gasteiger partial charge in [-0.05, 0) is 37.9 Å². The molecule has 1 unspecified atom stereocenters. The van der Waals surface area contributed by atoms with Crippen molar-refractivity contribution in [2.45, 2.75) is 17.7 Å². The van der Waals surface area contributed by atoms with Crippen LogP contribution in [0, 0.1) is 21.8 Å². The normalized spacial score (nSPS) is 18.5. The fraction of sp³-hybridized carbons (Fsp3) is 0.500. The average Bonchev–Trinajstić information content (AvgIpc) is 2.46. The lowest BCUT2D eigenvalue weighted by atomic mass is 10.0. The molecule has 0 amide bonds. The Bertz CT molecular complexity index is 635. The zero-order chi connectivity index (χ0) is 15.5. The van der Waals surface area contributed by atoms with Crippen molar-refractivity contribution in [2.24, 2.45) is 5.92 Å². The van der Waals surface area contributed by atoms with Crippen molar-refractivity contribution in [3.63, 3.8) is 0 Å². The number of nitro benzene ring substituents is 1. The molecule has 1 aliphatic heterocycles. The molecule has 0 spiro atoms.